The lowest BCUT2D eigenvalue weighted by atomic mass is 9.80. The highest BCUT2D eigenvalue weighted by molar-refractivity contribution is 6.07. The maximum absolute atomic E-state index is 13.5. The van der Waals surface area contributed by atoms with Crippen molar-refractivity contribution in [1.29, 1.82) is 0 Å². The first-order valence-electron chi connectivity index (χ1n) is 9.97. The van der Waals surface area contributed by atoms with E-state index in [0.29, 0.717) is 6.54 Å². The van der Waals surface area contributed by atoms with Gasteiger partial charge in [0.05, 0.1) is 31.6 Å². The van der Waals surface area contributed by atoms with Gasteiger partial charge in [-0.1, -0.05) is 48.5 Å². The summed E-state index contributed by atoms with van der Waals surface area (Å²) in [5.74, 6) is 0.263. The molecule has 2 aromatic rings. The maximum Gasteiger partial charge on any atom is 0.237 e. The zero-order valence-electron chi connectivity index (χ0n) is 16.1. The lowest BCUT2D eigenvalue weighted by Crippen LogP contribution is -3.13. The Hall–Kier alpha value is -1.84. The number of benzene rings is 2. The van der Waals surface area contributed by atoms with Gasteiger partial charge in [-0.2, -0.15) is 0 Å². The summed E-state index contributed by atoms with van der Waals surface area (Å²) in [7, 11) is 0. The van der Waals surface area contributed by atoms with Gasteiger partial charge < -0.3 is 22.2 Å². The molecule has 2 aromatic carbocycles. The summed E-state index contributed by atoms with van der Waals surface area (Å²) in [4.78, 5) is 17.1. The van der Waals surface area contributed by atoms with Crippen molar-refractivity contribution in [2.45, 2.75) is 44.6 Å². The van der Waals surface area contributed by atoms with Crippen molar-refractivity contribution in [2.75, 3.05) is 24.5 Å². The van der Waals surface area contributed by atoms with Gasteiger partial charge in [-0.15, -0.1) is 0 Å². The van der Waals surface area contributed by atoms with Gasteiger partial charge in [0.25, 0.3) is 0 Å². The Balaban J connectivity index is 0.00000210. The average Bonchev–Trinajstić information content (AvgIpc) is 2.91. The largest absolute Gasteiger partial charge is 1.00 e. The van der Waals surface area contributed by atoms with Crippen LogP contribution in [0, 0.1) is 0 Å². The number of anilines is 1. The van der Waals surface area contributed by atoms with Crippen molar-refractivity contribution >= 4 is 11.6 Å². The summed E-state index contributed by atoms with van der Waals surface area (Å²) in [5, 5.41) is 0. The smallest absolute Gasteiger partial charge is 0.237 e. The van der Waals surface area contributed by atoms with E-state index in [0.717, 1.165) is 18.7 Å². The van der Waals surface area contributed by atoms with Crippen molar-refractivity contribution in [3.63, 3.8) is 0 Å². The molecule has 2 heterocycles. The van der Waals surface area contributed by atoms with Crippen LogP contribution < -0.4 is 22.2 Å². The van der Waals surface area contributed by atoms with Gasteiger partial charge in [0.15, 0.2) is 0 Å². The summed E-state index contributed by atoms with van der Waals surface area (Å²) in [6, 6.07) is 18.7. The number of likely N-dealkylation sites (tertiary alicyclic amines) is 1. The zero-order valence-corrected chi connectivity index (χ0v) is 16.8. The van der Waals surface area contributed by atoms with Gasteiger partial charge in [0.2, 0.25) is 5.91 Å². The first-order valence-corrected chi connectivity index (χ1v) is 9.97. The number of amides is 1. The number of fused-ring (bicyclic) bond motifs is 1. The Bertz CT molecular complexity index is 773. The van der Waals surface area contributed by atoms with E-state index in [4.69, 9.17) is 0 Å². The number of hydrogen-bond donors (Lipinski definition) is 1. The van der Waals surface area contributed by atoms with Gasteiger partial charge in [-0.05, 0) is 43.4 Å². The lowest BCUT2D eigenvalue weighted by Gasteiger charge is -2.29. The first-order chi connectivity index (χ1) is 12.7. The first kappa shape index (κ1) is 19.9. The second-order valence-electron chi connectivity index (χ2n) is 8.04. The second-order valence-corrected chi connectivity index (χ2v) is 8.04. The number of hydrogen-bond acceptors (Lipinski definition) is 1. The van der Waals surface area contributed by atoms with Gasteiger partial charge in [-0.25, -0.2) is 0 Å². The van der Waals surface area contributed by atoms with Gasteiger partial charge >= 0.3 is 0 Å². The second kappa shape index (κ2) is 8.45. The fourth-order valence-electron chi connectivity index (χ4n) is 4.59. The monoisotopic (exact) mass is 384 g/mol. The molecule has 4 rings (SSSR count). The summed E-state index contributed by atoms with van der Waals surface area (Å²) >= 11 is 0. The number of rotatable bonds is 5. The molecule has 2 aliphatic heterocycles. The van der Waals surface area contributed by atoms with Crippen LogP contribution in [0.1, 0.15) is 43.7 Å². The van der Waals surface area contributed by atoms with Crippen LogP contribution in [0.25, 0.3) is 0 Å². The molecule has 0 bridgehead atoms. The number of para-hydroxylation sites is 1. The molecule has 4 heteroatoms. The molecule has 1 fully saturated rings. The van der Waals surface area contributed by atoms with Crippen LogP contribution >= 0.6 is 0 Å². The van der Waals surface area contributed by atoms with Crippen molar-refractivity contribution in [3.8, 4) is 0 Å². The minimum Gasteiger partial charge on any atom is -1.00 e. The normalized spacial score (nSPS) is 22.4. The number of piperidine rings is 1. The molecule has 0 spiro atoms. The maximum atomic E-state index is 13.5. The van der Waals surface area contributed by atoms with E-state index in [1.165, 1.54) is 43.5 Å². The van der Waals surface area contributed by atoms with Crippen LogP contribution in [0.4, 0.5) is 5.69 Å². The minimum atomic E-state index is -0.393. The van der Waals surface area contributed by atoms with Gasteiger partial charge in [-0.3, -0.25) is 4.79 Å². The minimum absolute atomic E-state index is 0. The lowest BCUT2D eigenvalue weighted by molar-refractivity contribution is -0.905. The zero-order chi connectivity index (χ0) is 18.0. The van der Waals surface area contributed by atoms with E-state index >= 15 is 0 Å². The fraction of sp³-hybridized carbons (Fsp3) is 0.435. The van der Waals surface area contributed by atoms with Gasteiger partial charge in [0, 0.05) is 12.1 Å². The predicted molar refractivity (Wildman–Crippen MR) is 105 cm³/mol. The third kappa shape index (κ3) is 3.90. The van der Waals surface area contributed by atoms with E-state index in [-0.39, 0.29) is 18.3 Å². The molecule has 0 saturated carbocycles. The highest BCUT2D eigenvalue weighted by Crippen LogP contribution is 2.44. The van der Waals surface area contributed by atoms with Crippen LogP contribution in [0.3, 0.4) is 0 Å². The third-order valence-corrected chi connectivity index (χ3v) is 6.23. The molecule has 0 aliphatic carbocycles. The Labute approximate surface area is 168 Å². The van der Waals surface area contributed by atoms with E-state index in [9.17, 15) is 4.79 Å². The van der Waals surface area contributed by atoms with E-state index < -0.39 is 5.41 Å². The average molecular weight is 385 g/mol. The predicted octanol–water partition coefficient (Wildman–Crippen LogP) is -0.0460. The number of quaternary nitrogens is 1. The van der Waals surface area contributed by atoms with Crippen molar-refractivity contribution in [1.82, 2.24) is 0 Å². The molecule has 1 atom stereocenters. The highest BCUT2D eigenvalue weighted by atomic mass is 35.5. The Kier molecular flexibility index (Phi) is 6.23. The number of nitrogens with one attached hydrogen (secondary N) is 1. The summed E-state index contributed by atoms with van der Waals surface area (Å²) in [6.45, 7) is 6.43. The van der Waals surface area contributed by atoms with Crippen LogP contribution in [-0.4, -0.2) is 25.5 Å². The number of halogens is 1. The third-order valence-electron chi connectivity index (χ3n) is 6.23. The topological polar surface area (TPSA) is 24.8 Å². The van der Waals surface area contributed by atoms with E-state index in [1.807, 2.05) is 29.2 Å². The molecule has 2 aliphatic rings. The van der Waals surface area contributed by atoms with E-state index in [1.54, 1.807) is 4.90 Å². The van der Waals surface area contributed by atoms with E-state index in [2.05, 4.69) is 37.3 Å². The van der Waals surface area contributed by atoms with Crippen LogP contribution in [0.2, 0.25) is 0 Å². The Morgan fingerprint density at radius 1 is 0.963 bits per heavy atom. The molecule has 144 valence electrons. The molecule has 0 aromatic heterocycles. The number of nitrogens with zero attached hydrogens (tertiary/aromatic N) is 1. The number of carbonyl (C=O) groups excluding carboxylic acids is 1. The molecule has 0 radical (unpaired) electrons. The molecular weight excluding hydrogens is 356 g/mol. The summed E-state index contributed by atoms with van der Waals surface area (Å²) in [5.41, 5.74) is 3.09. The molecule has 27 heavy (non-hydrogen) atoms. The molecular formula is C23H29ClN2O. The molecule has 1 amide bonds. The Morgan fingerprint density at radius 2 is 1.63 bits per heavy atom. The van der Waals surface area contributed by atoms with Crippen LogP contribution in [0.15, 0.2) is 54.6 Å². The quantitative estimate of drug-likeness (QED) is 0.768. The van der Waals surface area contributed by atoms with Crippen molar-refractivity contribution in [2.24, 2.45) is 0 Å². The fourth-order valence-corrected chi connectivity index (χ4v) is 4.59. The highest BCUT2D eigenvalue weighted by Gasteiger charge is 2.47. The SMILES string of the molecule is CC1(CC[NH+]2CCCCC2)C(=O)N(Cc2ccccc2)c2ccccc21.[Cl-]. The van der Waals surface area contributed by atoms with Crippen LogP contribution in [0.5, 0.6) is 0 Å². The Morgan fingerprint density at radius 3 is 2.37 bits per heavy atom. The number of carbonyl (C=O) groups is 1. The van der Waals surface area contributed by atoms with Crippen LogP contribution in [-0.2, 0) is 16.8 Å². The summed E-state index contributed by atoms with van der Waals surface area (Å²) < 4.78 is 0. The summed E-state index contributed by atoms with van der Waals surface area (Å²) in [6.07, 6.45) is 4.96. The van der Waals surface area contributed by atoms with Crippen molar-refractivity contribution in [3.05, 3.63) is 65.7 Å². The molecule has 1 unspecified atom stereocenters. The van der Waals surface area contributed by atoms with Crippen molar-refractivity contribution < 1.29 is 22.1 Å². The molecule has 3 nitrogen and oxygen atoms in total. The standard InChI is InChI=1S/C23H28N2O.ClH/c1-23(14-17-24-15-8-3-9-16-24)20-12-6-7-13-21(20)25(22(23)26)18-19-10-4-2-5-11-19;/h2,4-7,10-13H,3,8-9,14-18H2,1H3;1H. The molecule has 1 N–H and O–H groups in total. The molecule has 1 saturated heterocycles. The van der Waals surface area contributed by atoms with Gasteiger partial charge in [0.1, 0.15) is 0 Å².